The molecular weight excluding hydrogens is 707 g/mol. The molecule has 0 radical (unpaired) electrons. The normalized spacial score (nSPS) is 18.1. The molecule has 0 N–H and O–H groups in total. The summed E-state index contributed by atoms with van der Waals surface area (Å²) in [6.45, 7) is 9.44. The van der Waals surface area contributed by atoms with Gasteiger partial charge < -0.3 is 0 Å². The average Bonchev–Trinajstić information content (AvgIpc) is 3.66. The van der Waals surface area contributed by atoms with E-state index in [0.717, 1.165) is 6.42 Å². The van der Waals surface area contributed by atoms with E-state index in [-0.39, 0.29) is 7.25 Å². The van der Waals surface area contributed by atoms with Crippen LogP contribution in [0.2, 0.25) is 13.1 Å². The van der Waals surface area contributed by atoms with Crippen LogP contribution in [0.3, 0.4) is 0 Å². The molecule has 0 fully saturated rings. The standard InChI is InChI=1S/C21H17.C20H15.C2H7Si.2ClH.Zr/c1-2-15-12-18-8-5-9-20(21(18)13-15)19-11-10-16-6-3-4-7-17(16)14-19;1-14-11-17-7-4-8-19(20(17)12-14)18-10-9-15-5-2-3-6-16(15)13-18;1-3-2;;;/h3-14H,2H2,1H3;2-13H,1H3;3H,1-2H3;2*1H;/q;;;;;+2/p-2. The number of benzene rings is 6. The molecule has 47 heavy (non-hydrogen) atoms. The molecule has 0 heterocycles. The maximum atomic E-state index is 8.57. The van der Waals surface area contributed by atoms with E-state index >= 15 is 0 Å². The summed E-state index contributed by atoms with van der Waals surface area (Å²) in [7, 11) is 17.1. The van der Waals surface area contributed by atoms with Gasteiger partial charge in [0.05, 0.1) is 0 Å². The van der Waals surface area contributed by atoms with E-state index in [1.54, 1.807) is 0 Å². The summed E-state index contributed by atoms with van der Waals surface area (Å²) in [5, 5.41) is 5.04. The third-order valence-electron chi connectivity index (χ3n) is 11.2. The number of rotatable bonds is 6. The Labute approximate surface area is 287 Å². The van der Waals surface area contributed by atoms with Gasteiger partial charge in [-0.15, -0.1) is 0 Å². The van der Waals surface area contributed by atoms with E-state index < -0.39 is 21.5 Å². The summed E-state index contributed by atoms with van der Waals surface area (Å²) < 4.78 is 0.174. The van der Waals surface area contributed by atoms with Gasteiger partial charge >= 0.3 is 290 Å². The van der Waals surface area contributed by atoms with E-state index in [4.69, 9.17) is 17.0 Å². The van der Waals surface area contributed by atoms with Gasteiger partial charge in [-0.3, -0.25) is 0 Å². The minimum atomic E-state index is -4.78. The fraction of sp³-hybridized carbons (Fsp3) is 0.163. The zero-order chi connectivity index (χ0) is 32.5. The zero-order valence-electron chi connectivity index (χ0n) is 27.4. The molecule has 0 aromatic heterocycles. The Morgan fingerprint density at radius 3 is 1.57 bits per heavy atom. The number of hydrogen-bond donors (Lipinski definition) is 0. The third kappa shape index (κ3) is 4.78. The Hall–Kier alpha value is -3.00. The third-order valence-corrected chi connectivity index (χ3v) is 63.2. The summed E-state index contributed by atoms with van der Waals surface area (Å²) in [6.07, 6.45) is 5.82. The van der Waals surface area contributed by atoms with E-state index in [1.165, 1.54) is 77.2 Å². The van der Waals surface area contributed by atoms with Gasteiger partial charge in [-0.25, -0.2) is 0 Å². The van der Waals surface area contributed by atoms with Crippen LogP contribution in [-0.4, -0.2) is 5.92 Å². The first kappa shape index (κ1) is 31.3. The number of fused-ring (bicyclic) bond motifs is 4. The van der Waals surface area contributed by atoms with Crippen LogP contribution in [0, 0.1) is 0 Å². The van der Waals surface area contributed by atoms with Gasteiger partial charge in [0.25, 0.3) is 0 Å². The fourth-order valence-corrected chi connectivity index (χ4v) is 41.1. The second kappa shape index (κ2) is 11.6. The minimum absolute atomic E-state index is 0.0806. The molecule has 0 spiro atoms. The van der Waals surface area contributed by atoms with Gasteiger partial charge in [0.15, 0.2) is 0 Å². The van der Waals surface area contributed by atoms with Crippen molar-refractivity contribution >= 4 is 56.6 Å². The molecule has 2 atom stereocenters. The molecule has 0 nitrogen and oxygen atoms in total. The predicted octanol–water partition coefficient (Wildman–Crippen LogP) is 13.3. The zero-order valence-corrected chi connectivity index (χ0v) is 32.5. The second-order valence-electron chi connectivity index (χ2n) is 13.9. The average molecular weight is 746 g/mol. The number of allylic oxidation sites excluding steroid dienone is 2. The Morgan fingerprint density at radius 1 is 0.574 bits per heavy atom. The van der Waals surface area contributed by atoms with Crippen molar-refractivity contribution in [3.05, 3.63) is 155 Å². The molecule has 0 bridgehead atoms. The molecule has 8 rings (SSSR count). The van der Waals surface area contributed by atoms with Crippen molar-refractivity contribution in [2.45, 2.75) is 40.6 Å². The van der Waals surface area contributed by atoms with Crippen LogP contribution in [-0.2, 0) is 15.6 Å². The second-order valence-corrected chi connectivity index (χ2v) is 56.5. The molecule has 6 aromatic carbocycles. The maximum absolute atomic E-state index is 8.57. The van der Waals surface area contributed by atoms with Crippen LogP contribution in [0.5, 0.6) is 0 Å². The van der Waals surface area contributed by atoms with Crippen LogP contribution in [0.25, 0.3) is 56.0 Å². The topological polar surface area (TPSA) is 0 Å². The Morgan fingerprint density at radius 2 is 1.06 bits per heavy atom. The Kier molecular flexibility index (Phi) is 7.69. The molecule has 0 saturated carbocycles. The molecule has 4 heteroatoms. The van der Waals surface area contributed by atoms with Crippen molar-refractivity contribution in [1.82, 2.24) is 0 Å². The summed E-state index contributed by atoms with van der Waals surface area (Å²) >= 11 is -4.78. The molecule has 233 valence electrons. The molecular formula is C43H39Cl2SiZr. The van der Waals surface area contributed by atoms with Gasteiger partial charge in [0.2, 0.25) is 0 Å². The van der Waals surface area contributed by atoms with Crippen molar-refractivity contribution in [3.63, 3.8) is 0 Å². The summed E-state index contributed by atoms with van der Waals surface area (Å²) in [4.78, 5) is 0. The van der Waals surface area contributed by atoms with Gasteiger partial charge in [0.1, 0.15) is 0 Å². The van der Waals surface area contributed by atoms with E-state index in [2.05, 4.69) is 160 Å². The van der Waals surface area contributed by atoms with Crippen molar-refractivity contribution < 1.29 is 15.6 Å². The fourth-order valence-electron chi connectivity index (χ4n) is 8.76. The molecule has 2 aliphatic rings. The molecule has 6 aromatic rings. The first-order valence-electron chi connectivity index (χ1n) is 16.9. The number of halogens is 2. The van der Waals surface area contributed by atoms with Gasteiger partial charge in [-0.2, -0.15) is 0 Å². The summed E-state index contributed by atoms with van der Waals surface area (Å²) in [5.41, 5.74) is 13.1. The van der Waals surface area contributed by atoms with Crippen molar-refractivity contribution in [2.24, 2.45) is 0 Å². The van der Waals surface area contributed by atoms with Crippen LogP contribution >= 0.6 is 17.0 Å². The van der Waals surface area contributed by atoms with E-state index in [1.807, 2.05) is 0 Å². The van der Waals surface area contributed by atoms with Crippen molar-refractivity contribution in [2.75, 3.05) is 0 Å². The van der Waals surface area contributed by atoms with Crippen molar-refractivity contribution in [3.8, 4) is 22.3 Å². The van der Waals surface area contributed by atoms with Gasteiger partial charge in [-0.05, 0) is 0 Å². The van der Waals surface area contributed by atoms with Crippen LogP contribution in [0.15, 0.2) is 132 Å². The van der Waals surface area contributed by atoms with Crippen molar-refractivity contribution in [1.29, 1.82) is 0 Å². The van der Waals surface area contributed by atoms with Gasteiger partial charge in [-0.1, -0.05) is 0 Å². The first-order chi connectivity index (χ1) is 22.7. The number of hydrogen-bond acceptors (Lipinski definition) is 0. The van der Waals surface area contributed by atoms with E-state index in [0.29, 0.717) is 0 Å². The molecule has 0 amide bonds. The Bertz CT molecular complexity index is 2300. The quantitative estimate of drug-likeness (QED) is 0.149. The van der Waals surface area contributed by atoms with Crippen LogP contribution < -0.4 is 0 Å². The summed E-state index contributed by atoms with van der Waals surface area (Å²) in [5.74, 6) is -1.62. The predicted molar refractivity (Wildman–Crippen MR) is 207 cm³/mol. The van der Waals surface area contributed by atoms with Gasteiger partial charge in [0, 0.05) is 0 Å². The molecule has 0 saturated heterocycles. The van der Waals surface area contributed by atoms with E-state index in [9.17, 15) is 0 Å². The SMILES string of the molecule is CCC1=Cc2c(-c3ccc4ccccc4c3)cccc2[CH]1[Zr]([Cl])([Cl])([CH]1C(C)=Cc2c(-c3ccc4ccccc4c3)cccc21)[SiH](C)C. The first-order valence-corrected chi connectivity index (χ1v) is 33.2. The molecule has 0 aliphatic heterocycles. The monoisotopic (exact) mass is 743 g/mol. The van der Waals surface area contributed by atoms with Crippen LogP contribution in [0.1, 0.15) is 49.8 Å². The molecule has 2 aliphatic carbocycles. The van der Waals surface area contributed by atoms with Crippen LogP contribution in [0.4, 0.5) is 0 Å². The molecule has 2 unspecified atom stereocenters. The Balaban J connectivity index is 1.29. The summed E-state index contributed by atoms with van der Waals surface area (Å²) in [6, 6.07) is 44.5.